The average Bonchev–Trinajstić information content (AvgIpc) is 2.96. The zero-order chi connectivity index (χ0) is 23.8. The van der Waals surface area contributed by atoms with E-state index < -0.39 is 0 Å². The number of aliphatic imine (C=N–C) groups is 1. The topological polar surface area (TPSA) is 79.8 Å². The lowest BCUT2D eigenvalue weighted by Crippen LogP contribution is -2.25. The van der Waals surface area contributed by atoms with Crippen molar-refractivity contribution in [2.75, 3.05) is 17.2 Å². The van der Waals surface area contributed by atoms with Crippen LogP contribution >= 0.6 is 11.8 Å². The highest BCUT2D eigenvalue weighted by Crippen LogP contribution is 2.32. The molecule has 1 aliphatic rings. The number of carbonyl (C=O) groups is 2. The number of hydrogen-bond donors (Lipinski definition) is 2. The van der Waals surface area contributed by atoms with Gasteiger partial charge in [0.2, 0.25) is 5.91 Å². The first-order valence-corrected chi connectivity index (χ1v) is 12.2. The fourth-order valence-electron chi connectivity index (χ4n) is 3.35. The first kappa shape index (κ1) is 24.6. The number of hydrogen-bond acceptors (Lipinski definition) is 6. The maximum atomic E-state index is 13.0. The predicted molar refractivity (Wildman–Crippen MR) is 137 cm³/mol. The molecule has 0 saturated heterocycles. The summed E-state index contributed by atoms with van der Waals surface area (Å²) in [5.41, 5.74) is 4.26. The average molecular weight is 466 g/mol. The Labute approximate surface area is 199 Å². The number of fused-ring (bicyclic) bond motifs is 1. The van der Waals surface area contributed by atoms with Crippen LogP contribution in [0.25, 0.3) is 0 Å². The van der Waals surface area contributed by atoms with Crippen LogP contribution < -0.4 is 10.6 Å². The lowest BCUT2D eigenvalue weighted by molar-refractivity contribution is -0.142. The molecular weight excluding hydrogens is 434 g/mol. The molecule has 0 aliphatic carbocycles. The molecule has 0 saturated carbocycles. The van der Waals surface area contributed by atoms with E-state index in [1.54, 1.807) is 6.92 Å². The van der Waals surface area contributed by atoms with Crippen LogP contribution in [-0.2, 0) is 14.3 Å². The van der Waals surface area contributed by atoms with Crippen LogP contribution in [0, 0.1) is 0 Å². The summed E-state index contributed by atoms with van der Waals surface area (Å²) in [6.07, 6.45) is 2.57. The SMILES string of the molecule is CCOC(=O)CC1=CC(S[C@H](CC)C(=O)Nc2ccc(C(C)C)cc2)=Nc2ccccc2N1. The van der Waals surface area contributed by atoms with Crippen LogP contribution in [0.5, 0.6) is 0 Å². The van der Waals surface area contributed by atoms with E-state index in [0.29, 0.717) is 29.7 Å². The fourth-order valence-corrected chi connectivity index (χ4v) is 4.34. The molecule has 0 spiro atoms. The molecule has 0 radical (unpaired) electrons. The molecule has 2 aromatic rings. The molecule has 1 atom stereocenters. The van der Waals surface area contributed by atoms with E-state index in [1.807, 2.05) is 61.5 Å². The van der Waals surface area contributed by atoms with E-state index in [4.69, 9.17) is 9.73 Å². The van der Waals surface area contributed by atoms with Crippen LogP contribution in [0.2, 0.25) is 0 Å². The van der Waals surface area contributed by atoms with Crippen molar-refractivity contribution in [1.82, 2.24) is 0 Å². The Kier molecular flexibility index (Phi) is 8.72. The van der Waals surface area contributed by atoms with Crippen molar-refractivity contribution in [3.63, 3.8) is 0 Å². The number of carbonyl (C=O) groups excluding carboxylic acids is 2. The number of rotatable bonds is 8. The maximum absolute atomic E-state index is 13.0. The maximum Gasteiger partial charge on any atom is 0.311 e. The minimum absolute atomic E-state index is 0.0756. The summed E-state index contributed by atoms with van der Waals surface area (Å²) in [6.45, 7) is 8.37. The van der Waals surface area contributed by atoms with Crippen LogP contribution in [0.1, 0.15) is 52.0 Å². The van der Waals surface area contributed by atoms with E-state index in [2.05, 4.69) is 24.5 Å². The van der Waals surface area contributed by atoms with Gasteiger partial charge in [-0.1, -0.05) is 56.8 Å². The largest absolute Gasteiger partial charge is 0.466 e. The highest BCUT2D eigenvalue weighted by molar-refractivity contribution is 8.15. The van der Waals surface area contributed by atoms with Gasteiger partial charge in [-0.15, -0.1) is 0 Å². The number of amides is 1. The third-order valence-electron chi connectivity index (χ3n) is 5.14. The summed E-state index contributed by atoms with van der Waals surface area (Å²) < 4.78 is 5.11. The van der Waals surface area contributed by atoms with Crippen LogP contribution in [0.4, 0.5) is 17.1 Å². The molecule has 2 N–H and O–H groups in total. The minimum Gasteiger partial charge on any atom is -0.466 e. The van der Waals surface area contributed by atoms with Crippen LogP contribution in [0.15, 0.2) is 65.3 Å². The Balaban J connectivity index is 1.78. The number of anilines is 2. The van der Waals surface area contributed by atoms with Gasteiger partial charge in [-0.05, 0) is 55.2 Å². The molecule has 0 bridgehead atoms. The van der Waals surface area contributed by atoms with E-state index in [9.17, 15) is 9.59 Å². The van der Waals surface area contributed by atoms with Crippen molar-refractivity contribution in [2.24, 2.45) is 4.99 Å². The van der Waals surface area contributed by atoms with Gasteiger partial charge in [-0.25, -0.2) is 4.99 Å². The van der Waals surface area contributed by atoms with Crippen molar-refractivity contribution in [2.45, 2.75) is 51.7 Å². The molecule has 174 valence electrons. The lowest BCUT2D eigenvalue weighted by atomic mass is 10.0. The summed E-state index contributed by atoms with van der Waals surface area (Å²) in [5, 5.41) is 6.64. The second-order valence-corrected chi connectivity index (χ2v) is 9.25. The van der Waals surface area contributed by atoms with Crippen LogP contribution in [-0.4, -0.2) is 28.8 Å². The number of nitrogens with zero attached hydrogens (tertiary/aromatic N) is 1. The monoisotopic (exact) mass is 465 g/mol. The van der Waals surface area contributed by atoms with Gasteiger partial charge < -0.3 is 15.4 Å². The summed E-state index contributed by atoms with van der Waals surface area (Å²) in [5.74, 6) is 0.0527. The van der Waals surface area contributed by atoms with Crippen molar-refractivity contribution in [3.05, 3.63) is 65.9 Å². The molecule has 33 heavy (non-hydrogen) atoms. The molecule has 6 nitrogen and oxygen atoms in total. The molecule has 1 amide bonds. The van der Waals surface area contributed by atoms with E-state index in [1.165, 1.54) is 17.3 Å². The summed E-state index contributed by atoms with van der Waals surface area (Å²) >= 11 is 1.39. The van der Waals surface area contributed by atoms with Crippen molar-refractivity contribution >= 4 is 45.7 Å². The van der Waals surface area contributed by atoms with Gasteiger partial charge in [0.25, 0.3) is 0 Å². The van der Waals surface area contributed by atoms with Crippen molar-refractivity contribution in [3.8, 4) is 0 Å². The first-order valence-electron chi connectivity index (χ1n) is 11.3. The molecule has 1 heterocycles. The van der Waals surface area contributed by atoms with Crippen LogP contribution in [0.3, 0.4) is 0 Å². The number of nitrogens with one attached hydrogen (secondary N) is 2. The third-order valence-corrected chi connectivity index (χ3v) is 6.42. The van der Waals surface area contributed by atoms with Gasteiger partial charge in [0, 0.05) is 11.4 Å². The molecule has 7 heteroatoms. The van der Waals surface area contributed by atoms with Gasteiger partial charge in [0.05, 0.1) is 34.7 Å². The third kappa shape index (κ3) is 6.96. The molecule has 0 unspecified atom stereocenters. The minimum atomic E-state index is -0.334. The normalized spacial score (nSPS) is 13.7. The zero-order valence-electron chi connectivity index (χ0n) is 19.6. The smallest absolute Gasteiger partial charge is 0.311 e. The lowest BCUT2D eigenvalue weighted by Gasteiger charge is -2.15. The number of thioether (sulfide) groups is 1. The standard InChI is InChI=1S/C26H31N3O3S/c1-5-23(26(31)28-19-13-11-18(12-14-19)17(3)4)33-24-15-20(16-25(30)32-6-2)27-21-9-7-8-10-22(21)29-24/h7-15,17,23,27H,5-6,16H2,1-4H3,(H,28,31)/t23-/m1/s1. The molecule has 1 aliphatic heterocycles. The van der Waals surface area contributed by atoms with Crippen molar-refractivity contribution in [1.29, 1.82) is 0 Å². The molecule has 0 aromatic heterocycles. The summed E-state index contributed by atoms with van der Waals surface area (Å²) in [4.78, 5) is 29.9. The fraction of sp³-hybridized carbons (Fsp3) is 0.346. The highest BCUT2D eigenvalue weighted by atomic mass is 32.2. The van der Waals surface area contributed by atoms with Gasteiger partial charge >= 0.3 is 5.97 Å². The van der Waals surface area contributed by atoms with E-state index in [0.717, 1.165) is 17.1 Å². The van der Waals surface area contributed by atoms with Gasteiger partial charge in [-0.3, -0.25) is 9.59 Å². The van der Waals surface area contributed by atoms with Gasteiger partial charge in [0.15, 0.2) is 0 Å². The second-order valence-electron chi connectivity index (χ2n) is 8.02. The quantitative estimate of drug-likeness (QED) is 0.450. The summed E-state index contributed by atoms with van der Waals surface area (Å²) in [6, 6.07) is 15.6. The number of para-hydroxylation sites is 2. The molecular formula is C26H31N3O3S. The van der Waals surface area contributed by atoms with E-state index >= 15 is 0 Å². The number of ether oxygens (including phenoxy) is 1. The first-order chi connectivity index (χ1) is 15.9. The molecule has 0 fully saturated rings. The summed E-state index contributed by atoms with van der Waals surface area (Å²) in [7, 11) is 0. The van der Waals surface area contributed by atoms with Gasteiger partial charge in [-0.2, -0.15) is 0 Å². The zero-order valence-corrected chi connectivity index (χ0v) is 20.4. The Bertz CT molecular complexity index is 1050. The highest BCUT2D eigenvalue weighted by Gasteiger charge is 2.22. The Hall–Kier alpha value is -3.06. The Morgan fingerprint density at radius 2 is 1.82 bits per heavy atom. The molecule has 2 aromatic carbocycles. The second kappa shape index (κ2) is 11.7. The van der Waals surface area contributed by atoms with Crippen molar-refractivity contribution < 1.29 is 14.3 Å². The predicted octanol–water partition coefficient (Wildman–Crippen LogP) is 6.25. The Morgan fingerprint density at radius 3 is 2.48 bits per heavy atom. The number of esters is 1. The Morgan fingerprint density at radius 1 is 1.09 bits per heavy atom. The van der Waals surface area contributed by atoms with Gasteiger partial charge in [0.1, 0.15) is 0 Å². The number of benzene rings is 2. The van der Waals surface area contributed by atoms with E-state index in [-0.39, 0.29) is 23.5 Å². The molecule has 3 rings (SSSR count).